The number of esters is 4. The minimum Gasteiger partial charge on any atom is -0.462 e. The Morgan fingerprint density at radius 2 is 0.404 bits per heavy atom. The minimum atomic E-state index is -4.96. The van der Waals surface area contributed by atoms with Crippen LogP contribution in [-0.4, -0.2) is 96.7 Å². The van der Waals surface area contributed by atoms with Gasteiger partial charge in [-0.05, 0) is 25.7 Å². The molecule has 0 aromatic rings. The summed E-state index contributed by atoms with van der Waals surface area (Å²) in [5, 5.41) is 10.6. The van der Waals surface area contributed by atoms with E-state index < -0.39 is 97.5 Å². The van der Waals surface area contributed by atoms with Crippen molar-refractivity contribution < 1.29 is 80.2 Å². The summed E-state index contributed by atoms with van der Waals surface area (Å²) in [5.74, 6) is -2.11. The molecule has 17 nitrogen and oxygen atoms in total. The number of carbonyl (C=O) groups excluding carboxylic acids is 4. The highest BCUT2D eigenvalue weighted by Gasteiger charge is 2.30. The van der Waals surface area contributed by atoms with Gasteiger partial charge in [-0.1, -0.05) is 381 Å². The van der Waals surface area contributed by atoms with Crippen LogP contribution >= 0.6 is 15.6 Å². The molecule has 0 rings (SSSR count). The van der Waals surface area contributed by atoms with Crippen LogP contribution in [0, 0.1) is 0 Å². The molecule has 0 bridgehead atoms. The van der Waals surface area contributed by atoms with Gasteiger partial charge in [0.05, 0.1) is 26.4 Å². The molecular formula is C80H156O17P2. The Labute approximate surface area is 607 Å². The average Bonchev–Trinajstić information content (AvgIpc) is 0.991. The van der Waals surface area contributed by atoms with Crippen LogP contribution in [0.5, 0.6) is 0 Å². The second-order valence-corrected chi connectivity index (χ2v) is 31.7. The Morgan fingerprint density at radius 1 is 0.242 bits per heavy atom. The number of hydrogen-bond acceptors (Lipinski definition) is 15. The molecule has 0 saturated heterocycles. The summed E-state index contributed by atoms with van der Waals surface area (Å²) in [6.07, 6.45) is 66.6. The van der Waals surface area contributed by atoms with Crippen LogP contribution in [0.1, 0.15) is 432 Å². The van der Waals surface area contributed by atoms with Gasteiger partial charge in [0, 0.05) is 25.7 Å². The van der Waals surface area contributed by atoms with Crippen LogP contribution < -0.4 is 0 Å². The van der Waals surface area contributed by atoms with Gasteiger partial charge >= 0.3 is 39.5 Å². The number of aliphatic hydroxyl groups is 1. The van der Waals surface area contributed by atoms with E-state index in [1.807, 2.05) is 0 Å². The molecule has 0 heterocycles. The predicted octanol–water partition coefficient (Wildman–Crippen LogP) is 24.2. The lowest BCUT2D eigenvalue weighted by Gasteiger charge is -2.21. The molecule has 0 aliphatic heterocycles. The molecule has 2 unspecified atom stereocenters. The Kier molecular flexibility index (Phi) is 72.9. The third-order valence-corrected chi connectivity index (χ3v) is 20.8. The van der Waals surface area contributed by atoms with E-state index in [0.29, 0.717) is 25.7 Å². The molecule has 0 aliphatic rings. The number of phosphoric acid groups is 2. The highest BCUT2D eigenvalue weighted by Crippen LogP contribution is 2.45. The van der Waals surface area contributed by atoms with Crippen LogP contribution in [0.15, 0.2) is 0 Å². The number of hydrogen-bond donors (Lipinski definition) is 3. The van der Waals surface area contributed by atoms with Crippen molar-refractivity contribution in [3.05, 3.63) is 0 Å². The number of carbonyl (C=O) groups is 4. The van der Waals surface area contributed by atoms with E-state index in [0.717, 1.165) is 89.9 Å². The third kappa shape index (κ3) is 74.1. The Bertz CT molecular complexity index is 1880. The number of aliphatic hydroxyl groups excluding tert-OH is 1. The van der Waals surface area contributed by atoms with Crippen molar-refractivity contribution in [1.29, 1.82) is 0 Å². The van der Waals surface area contributed by atoms with E-state index >= 15 is 0 Å². The van der Waals surface area contributed by atoms with Crippen LogP contribution in [0.25, 0.3) is 0 Å². The number of ether oxygens (including phenoxy) is 4. The molecule has 588 valence electrons. The first-order valence-electron chi connectivity index (χ1n) is 41.8. The quantitative estimate of drug-likeness (QED) is 0.0222. The zero-order valence-electron chi connectivity index (χ0n) is 64.5. The van der Waals surface area contributed by atoms with Crippen molar-refractivity contribution in [2.24, 2.45) is 0 Å². The number of phosphoric ester groups is 2. The van der Waals surface area contributed by atoms with Gasteiger partial charge in [-0.2, -0.15) is 0 Å². The molecule has 0 spiro atoms. The normalized spacial score (nSPS) is 13.8. The Hall–Kier alpha value is -1.94. The molecule has 0 fully saturated rings. The second kappa shape index (κ2) is 74.3. The van der Waals surface area contributed by atoms with E-state index in [9.17, 15) is 43.2 Å². The van der Waals surface area contributed by atoms with Gasteiger partial charge in [0.2, 0.25) is 0 Å². The fourth-order valence-electron chi connectivity index (χ4n) is 12.5. The van der Waals surface area contributed by atoms with Gasteiger partial charge in [0.25, 0.3) is 0 Å². The Morgan fingerprint density at radius 3 is 0.596 bits per heavy atom. The van der Waals surface area contributed by atoms with Crippen LogP contribution in [0.4, 0.5) is 0 Å². The first-order valence-corrected chi connectivity index (χ1v) is 44.8. The van der Waals surface area contributed by atoms with Crippen LogP contribution in [0.2, 0.25) is 0 Å². The Balaban J connectivity index is 5.21. The lowest BCUT2D eigenvalue weighted by Crippen LogP contribution is -2.30. The zero-order valence-corrected chi connectivity index (χ0v) is 66.3. The summed E-state index contributed by atoms with van der Waals surface area (Å²) >= 11 is 0. The summed E-state index contributed by atoms with van der Waals surface area (Å²) in [4.78, 5) is 72.9. The van der Waals surface area contributed by atoms with Crippen LogP contribution in [-0.2, 0) is 65.4 Å². The maximum atomic E-state index is 13.1. The molecule has 19 heteroatoms. The van der Waals surface area contributed by atoms with Crippen molar-refractivity contribution in [1.82, 2.24) is 0 Å². The fourth-order valence-corrected chi connectivity index (χ4v) is 14.0. The van der Waals surface area contributed by atoms with E-state index in [1.165, 1.54) is 263 Å². The third-order valence-electron chi connectivity index (χ3n) is 18.9. The molecule has 0 aromatic heterocycles. The minimum absolute atomic E-state index is 0.109. The summed E-state index contributed by atoms with van der Waals surface area (Å²) in [6, 6.07) is 0. The lowest BCUT2D eigenvalue weighted by atomic mass is 10.0. The number of unbranched alkanes of at least 4 members (excludes halogenated alkanes) is 55. The van der Waals surface area contributed by atoms with Gasteiger partial charge in [-0.25, -0.2) is 9.13 Å². The topological polar surface area (TPSA) is 237 Å². The first kappa shape index (κ1) is 97.1. The van der Waals surface area contributed by atoms with Gasteiger partial charge in [0.15, 0.2) is 12.2 Å². The van der Waals surface area contributed by atoms with Gasteiger partial charge < -0.3 is 33.8 Å². The van der Waals surface area contributed by atoms with Crippen molar-refractivity contribution >= 4 is 39.5 Å². The maximum absolute atomic E-state index is 13.1. The number of rotatable bonds is 81. The molecule has 0 aliphatic carbocycles. The van der Waals surface area contributed by atoms with Crippen molar-refractivity contribution in [2.45, 2.75) is 451 Å². The lowest BCUT2D eigenvalue weighted by molar-refractivity contribution is -0.161. The first-order chi connectivity index (χ1) is 48.2. The molecule has 99 heavy (non-hydrogen) atoms. The fraction of sp³-hybridized carbons (Fsp3) is 0.950. The van der Waals surface area contributed by atoms with E-state index in [-0.39, 0.29) is 25.7 Å². The summed E-state index contributed by atoms with van der Waals surface area (Å²) in [7, 11) is -9.91. The summed E-state index contributed by atoms with van der Waals surface area (Å²) < 4.78 is 68.6. The molecule has 5 atom stereocenters. The average molecular weight is 1450 g/mol. The van der Waals surface area contributed by atoms with E-state index in [2.05, 4.69) is 27.7 Å². The van der Waals surface area contributed by atoms with Crippen molar-refractivity contribution in [3.63, 3.8) is 0 Å². The van der Waals surface area contributed by atoms with Crippen LogP contribution in [0.3, 0.4) is 0 Å². The van der Waals surface area contributed by atoms with Crippen molar-refractivity contribution in [2.75, 3.05) is 39.6 Å². The molecule has 0 aromatic carbocycles. The molecule has 0 saturated carbocycles. The smallest absolute Gasteiger partial charge is 0.462 e. The molecule has 0 radical (unpaired) electrons. The summed E-state index contributed by atoms with van der Waals surface area (Å²) in [5.41, 5.74) is 0. The van der Waals surface area contributed by atoms with Crippen molar-refractivity contribution in [3.8, 4) is 0 Å². The highest BCUT2D eigenvalue weighted by molar-refractivity contribution is 7.47. The van der Waals surface area contributed by atoms with Gasteiger partial charge in [0.1, 0.15) is 19.3 Å². The summed E-state index contributed by atoms with van der Waals surface area (Å²) in [6.45, 7) is 5.01. The van der Waals surface area contributed by atoms with E-state index in [4.69, 9.17) is 37.0 Å². The molecule has 0 amide bonds. The zero-order chi connectivity index (χ0) is 72.5. The van der Waals surface area contributed by atoms with Gasteiger partial charge in [-0.15, -0.1) is 0 Å². The molecular weight excluding hydrogens is 1290 g/mol. The van der Waals surface area contributed by atoms with Gasteiger partial charge in [-0.3, -0.25) is 37.3 Å². The second-order valence-electron chi connectivity index (χ2n) is 28.8. The largest absolute Gasteiger partial charge is 0.472 e. The monoisotopic (exact) mass is 1450 g/mol. The predicted molar refractivity (Wildman–Crippen MR) is 405 cm³/mol. The molecule has 3 N–H and O–H groups in total. The maximum Gasteiger partial charge on any atom is 0.472 e. The van der Waals surface area contributed by atoms with E-state index in [1.54, 1.807) is 0 Å². The SMILES string of the molecule is CCCCCCCCCCCCCCCCCCCCCCC(=O)O[C@H](COC(=O)CCCCCCCCCCCCCCCCCC)COP(=O)(O)OC[C@@H](O)COP(=O)(O)OC[C@@H](COC(=O)CCCCCCCCCCC)OC(=O)CCCCCCCCCCCCCCCC. The standard InChI is InChI=1S/C80H156O17P2/c1-5-9-13-17-21-25-28-31-34-36-37-38-39-41-44-47-51-55-59-63-67-80(85)97-76(71-91-78(83)65-61-57-53-49-45-43-40-35-32-29-26-22-18-14-10-6-2)73-95-99(88,89)93-69-74(81)68-92-98(86,87)94-72-75(70-90-77(82)64-60-56-52-48-24-20-16-12-8-4)96-79(84)66-62-58-54-50-46-42-33-30-27-23-19-15-11-7-3/h74-76,81H,5-73H2,1-4H3,(H,86,87)(H,88,89)/t74-,75+,76+/m0/s1. The highest BCUT2D eigenvalue weighted by atomic mass is 31.2.